The number of carboxylic acids is 1. The van der Waals surface area contributed by atoms with Crippen molar-refractivity contribution in [3.05, 3.63) is 182 Å². The number of esters is 2. The predicted molar refractivity (Wildman–Crippen MR) is 382 cm³/mol. The van der Waals surface area contributed by atoms with Crippen LogP contribution in [0.25, 0.3) is 0 Å². The Hall–Kier alpha value is -5.61. The normalized spacial score (nSPS) is 13.9. The number of allylic oxidation sites excluding steroid dienone is 30. The quantitative estimate of drug-likeness (QED) is 0.0211. The molecular formula is C80H128NO8+. The maximum Gasteiger partial charge on any atom is 0.361 e. The number of quaternary nitrogens is 1. The first-order valence-corrected chi connectivity index (χ1v) is 34.9. The maximum atomic E-state index is 12.9. The molecule has 0 aromatic carbocycles. The molecule has 2 unspecified atom stereocenters. The molecule has 0 amide bonds. The van der Waals surface area contributed by atoms with Crippen LogP contribution >= 0.6 is 0 Å². The lowest BCUT2D eigenvalue weighted by Gasteiger charge is -2.25. The van der Waals surface area contributed by atoms with Gasteiger partial charge in [0, 0.05) is 12.8 Å². The summed E-state index contributed by atoms with van der Waals surface area (Å²) in [6.07, 6.45) is 102. The van der Waals surface area contributed by atoms with Crippen LogP contribution in [0, 0.1) is 0 Å². The molecule has 0 radical (unpaired) electrons. The summed E-state index contributed by atoms with van der Waals surface area (Å²) >= 11 is 0. The first kappa shape index (κ1) is 83.4. The standard InChI is InChI=1S/C80H127NO8/c1-6-8-10-12-14-16-18-20-22-24-26-28-30-32-34-36-37-38-39-40-41-43-44-46-48-50-52-54-56-58-60-62-64-66-68-70-77(82)87-74-76(75-88-80(79(84)85)86-73-72-81(3,4)5)89-78(83)71-69-67-65-63-61-59-57-55-53-51-49-47-45-42-35-33-31-29-27-25-23-21-19-17-15-13-11-9-7-2/h8-11,14-17,20-23,26-29,32-35,37-38,45,47,51,53,57,59,63,65,76,80H,6-7,12-13,18-19,24-25,30-31,36,39-44,46,48-50,52,54-56,58,60-62,64,66-75H2,1-5H3/p+1/b10-8-,11-9-,16-14-,17-15-,22-20-,23-21-,28-26-,29-27-,34-32-,35-33-,38-37-,47-45-,53-51-,59-57-,65-63-. The van der Waals surface area contributed by atoms with Crippen LogP contribution in [0.1, 0.15) is 245 Å². The lowest BCUT2D eigenvalue weighted by molar-refractivity contribution is -0.870. The molecule has 0 aromatic heterocycles. The molecule has 0 spiro atoms. The van der Waals surface area contributed by atoms with Gasteiger partial charge < -0.3 is 28.5 Å². The summed E-state index contributed by atoms with van der Waals surface area (Å²) in [7, 11) is 5.94. The fraction of sp³-hybridized carbons (Fsp3) is 0.588. The second-order valence-corrected chi connectivity index (χ2v) is 23.7. The van der Waals surface area contributed by atoms with E-state index in [0.717, 1.165) is 116 Å². The van der Waals surface area contributed by atoms with Crippen molar-refractivity contribution in [1.82, 2.24) is 0 Å². The molecule has 0 aromatic rings. The minimum absolute atomic E-state index is 0.167. The average Bonchev–Trinajstić information content (AvgIpc) is 3.71. The van der Waals surface area contributed by atoms with E-state index < -0.39 is 24.3 Å². The number of carboxylic acid groups (broad SMARTS) is 1. The Balaban J connectivity index is 4.24. The zero-order chi connectivity index (χ0) is 64.7. The van der Waals surface area contributed by atoms with Crippen molar-refractivity contribution in [2.24, 2.45) is 0 Å². The average molecular weight is 1230 g/mol. The number of likely N-dealkylation sites (N-methyl/N-ethyl adjacent to an activating group) is 1. The van der Waals surface area contributed by atoms with Crippen molar-refractivity contribution in [2.75, 3.05) is 47.5 Å². The minimum Gasteiger partial charge on any atom is -0.477 e. The summed E-state index contributed by atoms with van der Waals surface area (Å²) in [4.78, 5) is 37.6. The third-order valence-electron chi connectivity index (χ3n) is 14.2. The van der Waals surface area contributed by atoms with Gasteiger partial charge in [-0.05, 0) is 128 Å². The number of ether oxygens (including phenoxy) is 4. The number of aliphatic carboxylic acids is 1. The number of hydrogen-bond donors (Lipinski definition) is 1. The lowest BCUT2D eigenvalue weighted by Crippen LogP contribution is -2.40. The number of unbranched alkanes of at least 4 members (excludes halogenated alkanes) is 17. The molecule has 500 valence electrons. The first-order valence-electron chi connectivity index (χ1n) is 34.9. The zero-order valence-electron chi connectivity index (χ0n) is 57.0. The Morgan fingerprint density at radius 1 is 0.337 bits per heavy atom. The second-order valence-electron chi connectivity index (χ2n) is 23.7. The van der Waals surface area contributed by atoms with Crippen LogP contribution in [0.4, 0.5) is 0 Å². The summed E-state index contributed by atoms with van der Waals surface area (Å²) in [5.74, 6) is -2.10. The molecule has 0 aliphatic rings. The fourth-order valence-corrected chi connectivity index (χ4v) is 8.90. The van der Waals surface area contributed by atoms with Crippen molar-refractivity contribution < 1.29 is 42.9 Å². The summed E-state index contributed by atoms with van der Waals surface area (Å²) in [5.41, 5.74) is 0. The van der Waals surface area contributed by atoms with E-state index in [-0.39, 0.29) is 38.6 Å². The number of carbonyl (C=O) groups excluding carboxylic acids is 2. The van der Waals surface area contributed by atoms with Crippen LogP contribution in [0.3, 0.4) is 0 Å². The van der Waals surface area contributed by atoms with Gasteiger partial charge >= 0.3 is 17.9 Å². The zero-order valence-corrected chi connectivity index (χ0v) is 57.0. The second kappa shape index (κ2) is 68.3. The van der Waals surface area contributed by atoms with Crippen LogP contribution < -0.4 is 0 Å². The van der Waals surface area contributed by atoms with Crippen molar-refractivity contribution in [2.45, 2.75) is 257 Å². The highest BCUT2D eigenvalue weighted by atomic mass is 16.7. The van der Waals surface area contributed by atoms with Gasteiger partial charge in [0.1, 0.15) is 13.2 Å². The van der Waals surface area contributed by atoms with Crippen LogP contribution in [0.15, 0.2) is 182 Å². The molecule has 9 nitrogen and oxygen atoms in total. The van der Waals surface area contributed by atoms with E-state index in [9.17, 15) is 19.5 Å². The van der Waals surface area contributed by atoms with Gasteiger partial charge in [-0.3, -0.25) is 9.59 Å². The van der Waals surface area contributed by atoms with Crippen LogP contribution in [-0.4, -0.2) is 87.4 Å². The van der Waals surface area contributed by atoms with Gasteiger partial charge in [-0.2, -0.15) is 0 Å². The Morgan fingerprint density at radius 3 is 0.933 bits per heavy atom. The van der Waals surface area contributed by atoms with E-state index in [1.807, 2.05) is 21.1 Å². The third kappa shape index (κ3) is 69.7. The summed E-state index contributed by atoms with van der Waals surface area (Å²) in [6, 6.07) is 0. The molecule has 0 saturated carbocycles. The van der Waals surface area contributed by atoms with Gasteiger partial charge in [-0.25, -0.2) is 4.79 Å². The molecule has 2 atom stereocenters. The van der Waals surface area contributed by atoms with Gasteiger partial charge in [-0.1, -0.05) is 286 Å². The topological polar surface area (TPSA) is 108 Å². The van der Waals surface area contributed by atoms with Gasteiger partial charge in [0.15, 0.2) is 6.10 Å². The Labute approximate surface area is 545 Å². The SMILES string of the molecule is CC/C=C\C/C=C\C/C=C\C/C=C\C/C=C\C/C=C\C/C=C\C/C=C\C/C=C\CCCC(=O)OC(COC(=O)CCCCCCCCCCCCCCCCCC/C=C\C/C=C\C/C=C\C/C=C\C/C=C\C/C=C\CC)COC(OCC[N+](C)(C)C)C(=O)O. The van der Waals surface area contributed by atoms with Crippen molar-refractivity contribution >= 4 is 17.9 Å². The summed E-state index contributed by atoms with van der Waals surface area (Å²) in [5, 5.41) is 9.74. The molecule has 9 heteroatoms. The maximum absolute atomic E-state index is 12.9. The minimum atomic E-state index is -1.54. The van der Waals surface area contributed by atoms with E-state index in [2.05, 4.69) is 196 Å². The summed E-state index contributed by atoms with van der Waals surface area (Å²) < 4.78 is 22.9. The van der Waals surface area contributed by atoms with Crippen molar-refractivity contribution in [1.29, 1.82) is 0 Å². The highest BCUT2D eigenvalue weighted by Gasteiger charge is 2.25. The Kier molecular flexibility index (Phi) is 64.0. The number of nitrogens with zero attached hydrogens (tertiary/aromatic N) is 1. The first-order chi connectivity index (χ1) is 43.6. The highest BCUT2D eigenvalue weighted by molar-refractivity contribution is 5.71. The highest BCUT2D eigenvalue weighted by Crippen LogP contribution is 2.16. The number of carbonyl (C=O) groups is 3. The largest absolute Gasteiger partial charge is 0.477 e. The van der Waals surface area contributed by atoms with Gasteiger partial charge in [0.2, 0.25) is 0 Å². The van der Waals surface area contributed by atoms with E-state index in [1.54, 1.807) is 0 Å². The lowest BCUT2D eigenvalue weighted by atomic mass is 10.0. The van der Waals surface area contributed by atoms with Crippen molar-refractivity contribution in [3.63, 3.8) is 0 Å². The molecule has 1 N–H and O–H groups in total. The predicted octanol–water partition coefficient (Wildman–Crippen LogP) is 22.0. The van der Waals surface area contributed by atoms with Gasteiger partial charge in [-0.15, -0.1) is 0 Å². The molecule has 0 aliphatic carbocycles. The van der Waals surface area contributed by atoms with E-state index in [1.165, 1.54) is 89.9 Å². The van der Waals surface area contributed by atoms with Crippen LogP contribution in [-0.2, 0) is 33.3 Å². The number of hydrogen-bond acceptors (Lipinski definition) is 7. The Morgan fingerprint density at radius 2 is 0.618 bits per heavy atom. The van der Waals surface area contributed by atoms with E-state index >= 15 is 0 Å². The molecule has 0 rings (SSSR count). The van der Waals surface area contributed by atoms with Crippen molar-refractivity contribution in [3.8, 4) is 0 Å². The van der Waals surface area contributed by atoms with E-state index in [0.29, 0.717) is 23.9 Å². The van der Waals surface area contributed by atoms with Gasteiger partial charge in [0.25, 0.3) is 6.29 Å². The smallest absolute Gasteiger partial charge is 0.361 e. The summed E-state index contributed by atoms with van der Waals surface area (Å²) in [6.45, 7) is 4.57. The molecule has 0 bridgehead atoms. The monoisotopic (exact) mass is 1230 g/mol. The van der Waals surface area contributed by atoms with Crippen LogP contribution in [0.2, 0.25) is 0 Å². The molecule has 0 heterocycles. The molecule has 0 saturated heterocycles. The van der Waals surface area contributed by atoms with Gasteiger partial charge in [0.05, 0.1) is 34.4 Å². The molecule has 0 aliphatic heterocycles. The third-order valence-corrected chi connectivity index (χ3v) is 14.2. The molecule has 89 heavy (non-hydrogen) atoms. The van der Waals surface area contributed by atoms with Crippen LogP contribution in [0.5, 0.6) is 0 Å². The Bertz CT molecular complexity index is 2120. The molecular weight excluding hydrogens is 1100 g/mol. The number of rotatable bonds is 62. The molecule has 0 fully saturated rings. The fourth-order valence-electron chi connectivity index (χ4n) is 8.90. The van der Waals surface area contributed by atoms with E-state index in [4.69, 9.17) is 18.9 Å².